The maximum atomic E-state index is 12.3. The molecule has 0 aliphatic carbocycles. The molecule has 1 aliphatic rings. The Morgan fingerprint density at radius 3 is 2.57 bits per heavy atom. The second kappa shape index (κ2) is 8.49. The first-order valence-electron chi connectivity index (χ1n) is 8.39. The van der Waals surface area contributed by atoms with Crippen LogP contribution in [0.1, 0.15) is 18.1 Å². The SMILES string of the molecule is CCN1C(=O)C(=Cc2ccc(OCc3ccc([N+](=O)[O-])cc3)c(Br)c2)NC1=S. The largest absolute Gasteiger partial charge is 0.488 e. The molecule has 2 aromatic rings. The van der Waals surface area contributed by atoms with Gasteiger partial charge in [-0.25, -0.2) is 0 Å². The lowest BCUT2D eigenvalue weighted by Crippen LogP contribution is -2.30. The molecule has 0 atom stereocenters. The molecule has 144 valence electrons. The van der Waals surface area contributed by atoms with Crippen LogP contribution >= 0.6 is 28.1 Å². The highest BCUT2D eigenvalue weighted by Gasteiger charge is 2.28. The molecule has 28 heavy (non-hydrogen) atoms. The molecule has 1 saturated heterocycles. The molecule has 0 radical (unpaired) electrons. The van der Waals surface area contributed by atoms with Gasteiger partial charge in [0.05, 0.1) is 9.40 Å². The van der Waals surface area contributed by atoms with Crippen molar-refractivity contribution < 1.29 is 14.5 Å². The summed E-state index contributed by atoms with van der Waals surface area (Å²) in [6.45, 7) is 2.65. The summed E-state index contributed by atoms with van der Waals surface area (Å²) in [5.74, 6) is 0.471. The van der Waals surface area contributed by atoms with Gasteiger partial charge in [-0.2, -0.15) is 0 Å². The first-order chi connectivity index (χ1) is 13.4. The Bertz CT molecular complexity index is 976. The second-order valence-electron chi connectivity index (χ2n) is 5.94. The van der Waals surface area contributed by atoms with E-state index in [1.54, 1.807) is 24.3 Å². The number of ether oxygens (including phenoxy) is 1. The van der Waals surface area contributed by atoms with Crippen LogP contribution in [-0.4, -0.2) is 27.4 Å². The van der Waals surface area contributed by atoms with Crippen LogP contribution in [0, 0.1) is 10.1 Å². The monoisotopic (exact) mass is 461 g/mol. The number of halogens is 1. The number of nitro benzene ring substituents is 1. The van der Waals surface area contributed by atoms with Crippen molar-refractivity contribution in [1.29, 1.82) is 0 Å². The van der Waals surface area contributed by atoms with Crippen LogP contribution < -0.4 is 10.1 Å². The summed E-state index contributed by atoms with van der Waals surface area (Å²) in [4.78, 5) is 24.0. The molecule has 1 heterocycles. The normalized spacial score (nSPS) is 15.1. The van der Waals surface area contributed by atoms with Gasteiger partial charge < -0.3 is 10.1 Å². The van der Waals surface area contributed by atoms with Crippen molar-refractivity contribution in [3.8, 4) is 5.75 Å². The molecule has 9 heteroatoms. The molecule has 3 rings (SSSR count). The number of carbonyl (C=O) groups excluding carboxylic acids is 1. The summed E-state index contributed by atoms with van der Waals surface area (Å²) < 4.78 is 6.50. The number of rotatable bonds is 6. The molecule has 0 unspecified atom stereocenters. The van der Waals surface area contributed by atoms with E-state index in [0.29, 0.717) is 23.1 Å². The molecule has 0 bridgehead atoms. The number of thiocarbonyl (C=S) groups is 1. The van der Waals surface area contributed by atoms with Gasteiger partial charge >= 0.3 is 0 Å². The lowest BCUT2D eigenvalue weighted by Gasteiger charge is -2.09. The number of carbonyl (C=O) groups is 1. The summed E-state index contributed by atoms with van der Waals surface area (Å²) >= 11 is 8.61. The molecule has 0 spiro atoms. The van der Waals surface area contributed by atoms with Crippen LogP contribution in [0.4, 0.5) is 5.69 Å². The van der Waals surface area contributed by atoms with Crippen molar-refractivity contribution in [3.63, 3.8) is 0 Å². The van der Waals surface area contributed by atoms with E-state index in [9.17, 15) is 14.9 Å². The Labute approximate surface area is 175 Å². The zero-order chi connectivity index (χ0) is 20.3. The molecule has 1 amide bonds. The first kappa shape index (κ1) is 20.0. The van der Waals surface area contributed by atoms with Crippen LogP contribution in [0.3, 0.4) is 0 Å². The maximum absolute atomic E-state index is 12.3. The minimum Gasteiger partial charge on any atom is -0.488 e. The van der Waals surface area contributed by atoms with Crippen molar-refractivity contribution >= 4 is 50.9 Å². The summed E-state index contributed by atoms with van der Waals surface area (Å²) in [5, 5.41) is 14.0. The Hall–Kier alpha value is -2.78. The number of hydrogen-bond acceptors (Lipinski definition) is 5. The number of nitro groups is 1. The topological polar surface area (TPSA) is 84.7 Å². The lowest BCUT2D eigenvalue weighted by atomic mass is 10.2. The number of benzene rings is 2. The van der Waals surface area contributed by atoms with Gasteiger partial charge in [-0.3, -0.25) is 19.8 Å². The van der Waals surface area contributed by atoms with E-state index in [0.717, 1.165) is 15.6 Å². The molecule has 0 aromatic heterocycles. The minimum absolute atomic E-state index is 0.0403. The second-order valence-corrected chi connectivity index (χ2v) is 7.18. The van der Waals surface area contributed by atoms with Crippen LogP contribution in [0.15, 0.2) is 52.6 Å². The Morgan fingerprint density at radius 2 is 2.00 bits per heavy atom. The molecule has 0 saturated carbocycles. The van der Waals surface area contributed by atoms with Crippen molar-refractivity contribution in [2.24, 2.45) is 0 Å². The number of non-ortho nitro benzene ring substituents is 1. The quantitative estimate of drug-likeness (QED) is 0.302. The summed E-state index contributed by atoms with van der Waals surface area (Å²) in [6, 6.07) is 11.7. The van der Waals surface area contributed by atoms with Crippen LogP contribution in [0.25, 0.3) is 6.08 Å². The van der Waals surface area contributed by atoms with Gasteiger partial charge in [0, 0.05) is 18.7 Å². The Balaban J connectivity index is 1.69. The van der Waals surface area contributed by atoms with Gasteiger partial charge in [-0.05, 0) is 76.5 Å². The third-order valence-corrected chi connectivity index (χ3v) is 5.03. The van der Waals surface area contributed by atoms with E-state index >= 15 is 0 Å². The molecule has 1 N–H and O–H groups in total. The van der Waals surface area contributed by atoms with Gasteiger partial charge in [0.2, 0.25) is 0 Å². The summed E-state index contributed by atoms with van der Waals surface area (Å²) in [5.41, 5.74) is 2.10. The van der Waals surface area contributed by atoms with Crippen molar-refractivity contribution in [2.75, 3.05) is 6.54 Å². The van der Waals surface area contributed by atoms with E-state index in [-0.39, 0.29) is 18.2 Å². The van der Waals surface area contributed by atoms with Crippen LogP contribution in [0.2, 0.25) is 0 Å². The highest BCUT2D eigenvalue weighted by molar-refractivity contribution is 9.10. The molecule has 1 aliphatic heterocycles. The van der Waals surface area contributed by atoms with Crippen molar-refractivity contribution in [2.45, 2.75) is 13.5 Å². The summed E-state index contributed by atoms with van der Waals surface area (Å²) in [6.07, 6.45) is 1.73. The fourth-order valence-corrected chi connectivity index (χ4v) is 3.46. The van der Waals surface area contributed by atoms with Gasteiger partial charge in [-0.1, -0.05) is 6.07 Å². The van der Waals surface area contributed by atoms with E-state index in [2.05, 4.69) is 21.2 Å². The maximum Gasteiger partial charge on any atom is 0.276 e. The number of nitrogens with one attached hydrogen (secondary N) is 1. The average molecular weight is 462 g/mol. The minimum atomic E-state index is -0.440. The zero-order valence-corrected chi connectivity index (χ0v) is 17.2. The number of hydrogen-bond donors (Lipinski definition) is 1. The number of likely N-dealkylation sites (N-methyl/N-ethyl adjacent to an activating group) is 1. The third kappa shape index (κ3) is 4.37. The van der Waals surface area contributed by atoms with Gasteiger partial charge in [0.1, 0.15) is 18.1 Å². The van der Waals surface area contributed by atoms with Crippen molar-refractivity contribution in [1.82, 2.24) is 10.2 Å². The molecular weight excluding hydrogens is 446 g/mol. The molecule has 7 nitrogen and oxygen atoms in total. The fraction of sp³-hybridized carbons (Fsp3) is 0.158. The lowest BCUT2D eigenvalue weighted by molar-refractivity contribution is -0.384. The Morgan fingerprint density at radius 1 is 1.29 bits per heavy atom. The van der Waals surface area contributed by atoms with Gasteiger partial charge in [-0.15, -0.1) is 0 Å². The Kier molecular flexibility index (Phi) is 6.05. The highest BCUT2D eigenvalue weighted by atomic mass is 79.9. The van der Waals surface area contributed by atoms with Crippen molar-refractivity contribution in [3.05, 3.63) is 73.9 Å². The standard InChI is InChI=1S/C19H16BrN3O4S/c1-2-22-18(24)16(21-19(22)28)10-13-5-8-17(15(20)9-13)27-11-12-3-6-14(7-4-12)23(25)26/h3-10H,2,11H2,1H3,(H,21,28). The van der Waals surface area contributed by atoms with E-state index in [1.807, 2.05) is 19.1 Å². The smallest absolute Gasteiger partial charge is 0.276 e. The fourth-order valence-electron chi connectivity index (χ4n) is 2.62. The van der Waals surface area contributed by atoms with E-state index in [4.69, 9.17) is 17.0 Å². The van der Waals surface area contributed by atoms with Crippen LogP contribution in [-0.2, 0) is 11.4 Å². The number of amides is 1. The summed E-state index contributed by atoms with van der Waals surface area (Å²) in [7, 11) is 0. The first-order valence-corrected chi connectivity index (χ1v) is 9.59. The van der Waals surface area contributed by atoms with Gasteiger partial charge in [0.25, 0.3) is 11.6 Å². The van der Waals surface area contributed by atoms with Gasteiger partial charge in [0.15, 0.2) is 5.11 Å². The molecular formula is C19H16BrN3O4S. The predicted molar refractivity (Wildman–Crippen MR) is 113 cm³/mol. The van der Waals surface area contributed by atoms with Crippen LogP contribution in [0.5, 0.6) is 5.75 Å². The molecule has 1 fully saturated rings. The van der Waals surface area contributed by atoms with E-state index < -0.39 is 4.92 Å². The predicted octanol–water partition coefficient (Wildman–Crippen LogP) is 4.01. The highest BCUT2D eigenvalue weighted by Crippen LogP contribution is 2.28. The van der Waals surface area contributed by atoms with E-state index in [1.165, 1.54) is 17.0 Å². The zero-order valence-electron chi connectivity index (χ0n) is 14.8. The molecule has 2 aromatic carbocycles. The number of nitrogens with zero attached hydrogens (tertiary/aromatic N) is 2. The average Bonchev–Trinajstić information content (AvgIpc) is 2.94. The third-order valence-electron chi connectivity index (χ3n) is 4.09.